The molecule has 0 aliphatic heterocycles. The number of hydrogen-bond acceptors (Lipinski definition) is 1. The first-order valence-corrected chi connectivity index (χ1v) is 3.43. The predicted molar refractivity (Wildman–Crippen MR) is 50.9 cm³/mol. The smallest absolute Gasteiger partial charge is 0.166 e. The summed E-state index contributed by atoms with van der Waals surface area (Å²) in [7, 11) is 0. The second-order valence-electron chi connectivity index (χ2n) is 2.43. The van der Waals surface area contributed by atoms with Crippen LogP contribution in [-0.4, -0.2) is 11.3 Å². The van der Waals surface area contributed by atoms with Gasteiger partial charge in [0.15, 0.2) is 6.29 Å². The largest absolute Gasteiger partial charge is 0.352 e. The molecule has 0 aliphatic rings. The molecule has 0 amide bonds. The van der Waals surface area contributed by atoms with Gasteiger partial charge in [0, 0.05) is 10.9 Å². The van der Waals surface area contributed by atoms with Gasteiger partial charge in [-0.1, -0.05) is 18.2 Å². The zero-order valence-corrected chi connectivity index (χ0v) is 7.10. The van der Waals surface area contributed by atoms with E-state index < -0.39 is 0 Å². The first kappa shape index (κ1) is 8.81. The van der Waals surface area contributed by atoms with Crippen molar-refractivity contribution in [1.82, 2.24) is 4.98 Å². The summed E-state index contributed by atoms with van der Waals surface area (Å²) in [5.41, 5.74) is 1.64. The van der Waals surface area contributed by atoms with Gasteiger partial charge in [0.05, 0.1) is 5.69 Å². The number of rotatable bonds is 1. The van der Waals surface area contributed by atoms with Crippen molar-refractivity contribution in [3.05, 3.63) is 36.0 Å². The molecule has 1 N–H and O–H groups in total. The first-order chi connectivity index (χ1) is 5.40. The van der Waals surface area contributed by atoms with Crippen molar-refractivity contribution in [2.75, 3.05) is 0 Å². The molecule has 0 bridgehead atoms. The lowest BCUT2D eigenvalue weighted by atomic mass is 10.2. The monoisotopic (exact) mass is 181 g/mol. The van der Waals surface area contributed by atoms with E-state index in [1.165, 1.54) is 0 Å². The van der Waals surface area contributed by atoms with E-state index in [0.29, 0.717) is 5.69 Å². The van der Waals surface area contributed by atoms with E-state index in [9.17, 15) is 4.79 Å². The summed E-state index contributed by atoms with van der Waals surface area (Å²) in [4.78, 5) is 13.3. The fraction of sp³-hybridized carbons (Fsp3) is 0. The Morgan fingerprint density at radius 3 is 2.67 bits per heavy atom. The number of halogens is 1. The van der Waals surface area contributed by atoms with Crippen LogP contribution in [0.4, 0.5) is 0 Å². The third-order valence-corrected chi connectivity index (χ3v) is 1.68. The van der Waals surface area contributed by atoms with Gasteiger partial charge in [-0.2, -0.15) is 0 Å². The Balaban J connectivity index is 0.000000720. The average molecular weight is 182 g/mol. The Morgan fingerprint density at radius 1 is 1.25 bits per heavy atom. The minimum Gasteiger partial charge on any atom is -0.352 e. The van der Waals surface area contributed by atoms with Gasteiger partial charge < -0.3 is 4.98 Å². The van der Waals surface area contributed by atoms with Gasteiger partial charge in [-0.05, 0) is 12.1 Å². The third-order valence-electron chi connectivity index (χ3n) is 1.68. The highest BCUT2D eigenvalue weighted by atomic mass is 35.5. The molecule has 0 radical (unpaired) electrons. The van der Waals surface area contributed by atoms with Crippen LogP contribution in [0.2, 0.25) is 0 Å². The van der Waals surface area contributed by atoms with Crippen molar-refractivity contribution in [1.29, 1.82) is 0 Å². The van der Waals surface area contributed by atoms with E-state index in [2.05, 4.69) is 4.98 Å². The summed E-state index contributed by atoms with van der Waals surface area (Å²) in [6.45, 7) is 0. The van der Waals surface area contributed by atoms with Crippen LogP contribution in [-0.2, 0) is 0 Å². The molecule has 0 aliphatic carbocycles. The molecule has 1 aromatic carbocycles. The van der Waals surface area contributed by atoms with Crippen LogP contribution in [0.5, 0.6) is 0 Å². The highest BCUT2D eigenvalue weighted by Gasteiger charge is 1.95. The van der Waals surface area contributed by atoms with Crippen molar-refractivity contribution in [3.63, 3.8) is 0 Å². The molecule has 0 spiro atoms. The van der Waals surface area contributed by atoms with Gasteiger partial charge in [-0.25, -0.2) is 0 Å². The number of aromatic amines is 1. The van der Waals surface area contributed by atoms with Gasteiger partial charge in [0.1, 0.15) is 0 Å². The summed E-state index contributed by atoms with van der Waals surface area (Å²) >= 11 is 0. The Bertz CT molecular complexity index is 361. The van der Waals surface area contributed by atoms with Crippen molar-refractivity contribution >= 4 is 29.6 Å². The zero-order valence-electron chi connectivity index (χ0n) is 6.28. The molecule has 2 rings (SSSR count). The number of hydrogen-bond donors (Lipinski definition) is 1. The lowest BCUT2D eigenvalue weighted by Gasteiger charge is -1.83. The van der Waals surface area contributed by atoms with Crippen LogP contribution in [0.15, 0.2) is 30.3 Å². The highest BCUT2D eigenvalue weighted by Crippen LogP contribution is 2.12. The molecule has 0 fully saturated rings. The molecule has 0 atom stereocenters. The van der Waals surface area contributed by atoms with Crippen molar-refractivity contribution in [2.45, 2.75) is 0 Å². The quantitative estimate of drug-likeness (QED) is 0.674. The minimum absolute atomic E-state index is 0. The number of fused-ring (bicyclic) bond motifs is 1. The second kappa shape index (κ2) is 3.41. The SMILES string of the molecule is Cl.O=Cc1cc2ccccc2[nH]1. The molecule has 62 valence electrons. The fourth-order valence-corrected chi connectivity index (χ4v) is 1.16. The van der Waals surface area contributed by atoms with Gasteiger partial charge in [0.25, 0.3) is 0 Å². The number of benzene rings is 1. The molecule has 1 aromatic heterocycles. The summed E-state index contributed by atoms with van der Waals surface area (Å²) < 4.78 is 0. The number of carbonyl (C=O) groups is 1. The molecule has 12 heavy (non-hydrogen) atoms. The van der Waals surface area contributed by atoms with E-state index >= 15 is 0 Å². The van der Waals surface area contributed by atoms with Crippen LogP contribution in [0.3, 0.4) is 0 Å². The normalized spacial score (nSPS) is 9.33. The van der Waals surface area contributed by atoms with Crippen LogP contribution < -0.4 is 0 Å². The number of aldehydes is 1. The maximum atomic E-state index is 10.3. The number of H-pyrrole nitrogens is 1. The molecule has 2 nitrogen and oxygen atoms in total. The summed E-state index contributed by atoms with van der Waals surface area (Å²) in [6, 6.07) is 9.64. The highest BCUT2D eigenvalue weighted by molar-refractivity contribution is 5.87. The maximum absolute atomic E-state index is 10.3. The van der Waals surface area contributed by atoms with E-state index in [4.69, 9.17) is 0 Å². The summed E-state index contributed by atoms with van der Waals surface area (Å²) in [5.74, 6) is 0. The minimum atomic E-state index is 0. The molecule has 1 heterocycles. The average Bonchev–Trinajstić information content (AvgIpc) is 2.46. The lowest BCUT2D eigenvalue weighted by Crippen LogP contribution is -1.73. The van der Waals surface area contributed by atoms with E-state index in [1.54, 1.807) is 0 Å². The second-order valence-corrected chi connectivity index (χ2v) is 2.43. The molecule has 3 heteroatoms. The Morgan fingerprint density at radius 2 is 2.00 bits per heavy atom. The third kappa shape index (κ3) is 1.34. The molecule has 0 unspecified atom stereocenters. The van der Waals surface area contributed by atoms with E-state index in [-0.39, 0.29) is 12.4 Å². The molecular formula is C9H8ClNO. The van der Waals surface area contributed by atoms with Gasteiger partial charge >= 0.3 is 0 Å². The maximum Gasteiger partial charge on any atom is 0.166 e. The summed E-state index contributed by atoms with van der Waals surface area (Å²) in [6.07, 6.45) is 0.819. The number of para-hydroxylation sites is 1. The topological polar surface area (TPSA) is 32.9 Å². The number of carbonyl (C=O) groups excluding carboxylic acids is 1. The zero-order chi connectivity index (χ0) is 7.68. The number of aromatic nitrogens is 1. The lowest BCUT2D eigenvalue weighted by molar-refractivity contribution is 0.112. The Kier molecular flexibility index (Phi) is 2.51. The van der Waals surface area contributed by atoms with Crippen molar-refractivity contribution < 1.29 is 4.79 Å². The van der Waals surface area contributed by atoms with Crippen LogP contribution in [0, 0.1) is 0 Å². The van der Waals surface area contributed by atoms with E-state index in [1.807, 2.05) is 30.3 Å². The standard InChI is InChI=1S/C9H7NO.ClH/c11-6-8-5-7-3-1-2-4-9(7)10-8;/h1-6,10H;1H. The van der Waals surface area contributed by atoms with Crippen molar-refractivity contribution in [3.8, 4) is 0 Å². The predicted octanol–water partition coefficient (Wildman–Crippen LogP) is 2.40. The molecule has 0 saturated carbocycles. The molecular weight excluding hydrogens is 174 g/mol. The Labute approximate surface area is 76.0 Å². The van der Waals surface area contributed by atoms with Crippen LogP contribution >= 0.6 is 12.4 Å². The summed E-state index contributed by atoms with van der Waals surface area (Å²) in [5, 5.41) is 1.08. The van der Waals surface area contributed by atoms with E-state index in [0.717, 1.165) is 17.2 Å². The Hall–Kier alpha value is -1.28. The van der Waals surface area contributed by atoms with Crippen molar-refractivity contribution in [2.24, 2.45) is 0 Å². The van der Waals surface area contributed by atoms with Gasteiger partial charge in [-0.15, -0.1) is 12.4 Å². The first-order valence-electron chi connectivity index (χ1n) is 3.43. The number of nitrogens with one attached hydrogen (secondary N) is 1. The van der Waals surface area contributed by atoms with Gasteiger partial charge in [0.2, 0.25) is 0 Å². The van der Waals surface area contributed by atoms with Gasteiger partial charge in [-0.3, -0.25) is 4.79 Å². The molecule has 0 saturated heterocycles. The van der Waals surface area contributed by atoms with Crippen LogP contribution in [0.1, 0.15) is 10.5 Å². The molecule has 2 aromatic rings. The van der Waals surface area contributed by atoms with Crippen LogP contribution in [0.25, 0.3) is 10.9 Å². The fourth-order valence-electron chi connectivity index (χ4n) is 1.16.